The van der Waals surface area contributed by atoms with Crippen LogP contribution in [0.2, 0.25) is 0 Å². The van der Waals surface area contributed by atoms with Gasteiger partial charge >= 0.3 is 0 Å². The molecular weight excluding hydrogens is 292 g/mol. The number of nitrogens with zero attached hydrogens (tertiary/aromatic N) is 1. The molecule has 0 radical (unpaired) electrons. The van der Waals surface area contributed by atoms with Gasteiger partial charge in [-0.05, 0) is 30.2 Å². The number of benzene rings is 2. The Kier molecular flexibility index (Phi) is 5.54. The number of nitrogens with one attached hydrogen (secondary N) is 1. The standard InChI is InChI=1S/C22H22N2/c1-18(20-12-6-3-7-13-20)24-22(21-14-8-9-17-23-21)16-15-19-10-4-2-5-11-19/h2-18,22,24H,1H3/b16-15+/t18-,22?/m0/s1. The molecule has 0 aliphatic heterocycles. The van der Waals surface area contributed by atoms with Crippen molar-refractivity contribution in [1.82, 2.24) is 10.3 Å². The van der Waals surface area contributed by atoms with E-state index in [2.05, 4.69) is 84.0 Å². The average molecular weight is 314 g/mol. The summed E-state index contributed by atoms with van der Waals surface area (Å²) in [6.07, 6.45) is 6.16. The Hall–Kier alpha value is -2.71. The smallest absolute Gasteiger partial charge is 0.0689 e. The lowest BCUT2D eigenvalue weighted by atomic mass is 10.0. The molecule has 1 heterocycles. The van der Waals surface area contributed by atoms with Crippen molar-refractivity contribution >= 4 is 6.08 Å². The highest BCUT2D eigenvalue weighted by Crippen LogP contribution is 2.20. The van der Waals surface area contributed by atoms with E-state index >= 15 is 0 Å². The van der Waals surface area contributed by atoms with Crippen LogP contribution in [0.15, 0.2) is 91.1 Å². The third-order valence-corrected chi connectivity index (χ3v) is 4.02. The summed E-state index contributed by atoms with van der Waals surface area (Å²) in [4.78, 5) is 4.52. The number of hydrogen-bond donors (Lipinski definition) is 1. The first-order valence-corrected chi connectivity index (χ1v) is 8.28. The molecule has 2 atom stereocenters. The van der Waals surface area contributed by atoms with Crippen molar-refractivity contribution in [3.05, 3.63) is 108 Å². The molecule has 0 saturated heterocycles. The lowest BCUT2D eigenvalue weighted by Crippen LogP contribution is -2.24. The Morgan fingerprint density at radius 1 is 0.833 bits per heavy atom. The minimum atomic E-state index is 0.0570. The lowest BCUT2D eigenvalue weighted by Gasteiger charge is -2.21. The molecule has 0 aliphatic rings. The summed E-state index contributed by atoms with van der Waals surface area (Å²) in [5.74, 6) is 0. The molecule has 0 aliphatic carbocycles. The van der Waals surface area contributed by atoms with Gasteiger partial charge in [0.15, 0.2) is 0 Å². The Labute approximate surface area is 143 Å². The number of pyridine rings is 1. The van der Waals surface area contributed by atoms with E-state index < -0.39 is 0 Å². The van der Waals surface area contributed by atoms with E-state index in [1.807, 2.05) is 30.5 Å². The third-order valence-electron chi connectivity index (χ3n) is 4.02. The second-order valence-corrected chi connectivity index (χ2v) is 5.80. The molecule has 2 heteroatoms. The van der Waals surface area contributed by atoms with E-state index in [1.165, 1.54) is 11.1 Å². The number of rotatable bonds is 6. The maximum absolute atomic E-state index is 4.52. The predicted octanol–water partition coefficient (Wildman–Crippen LogP) is 5.19. The van der Waals surface area contributed by atoms with Gasteiger partial charge in [-0.3, -0.25) is 10.3 Å². The van der Waals surface area contributed by atoms with Gasteiger partial charge in [-0.2, -0.15) is 0 Å². The number of hydrogen-bond acceptors (Lipinski definition) is 2. The zero-order valence-electron chi connectivity index (χ0n) is 13.8. The van der Waals surface area contributed by atoms with E-state index in [1.54, 1.807) is 0 Å². The molecular formula is C22H22N2. The summed E-state index contributed by atoms with van der Waals surface area (Å²) in [7, 11) is 0. The average Bonchev–Trinajstić information content (AvgIpc) is 2.67. The van der Waals surface area contributed by atoms with Gasteiger partial charge < -0.3 is 0 Å². The van der Waals surface area contributed by atoms with Crippen LogP contribution in [-0.4, -0.2) is 4.98 Å². The van der Waals surface area contributed by atoms with E-state index in [0.717, 1.165) is 5.69 Å². The van der Waals surface area contributed by atoms with Gasteiger partial charge in [-0.25, -0.2) is 0 Å². The van der Waals surface area contributed by atoms with E-state index in [4.69, 9.17) is 0 Å². The fraction of sp³-hybridized carbons (Fsp3) is 0.136. The van der Waals surface area contributed by atoms with Gasteiger partial charge in [0.1, 0.15) is 0 Å². The Bertz CT molecular complexity index is 752. The first-order chi connectivity index (χ1) is 11.8. The van der Waals surface area contributed by atoms with Crippen molar-refractivity contribution in [1.29, 1.82) is 0 Å². The monoisotopic (exact) mass is 314 g/mol. The van der Waals surface area contributed by atoms with Crippen LogP contribution >= 0.6 is 0 Å². The maximum Gasteiger partial charge on any atom is 0.0689 e. The summed E-state index contributed by atoms with van der Waals surface area (Å²) < 4.78 is 0. The summed E-state index contributed by atoms with van der Waals surface area (Å²) in [6, 6.07) is 27.1. The van der Waals surface area contributed by atoms with E-state index in [9.17, 15) is 0 Å². The highest BCUT2D eigenvalue weighted by molar-refractivity contribution is 5.50. The second-order valence-electron chi connectivity index (χ2n) is 5.80. The first kappa shape index (κ1) is 16.2. The van der Waals surface area contributed by atoms with Crippen LogP contribution in [0.5, 0.6) is 0 Å². The fourth-order valence-electron chi connectivity index (χ4n) is 2.68. The van der Waals surface area contributed by atoms with E-state index in [0.29, 0.717) is 0 Å². The fourth-order valence-corrected chi connectivity index (χ4v) is 2.68. The van der Waals surface area contributed by atoms with Crippen molar-refractivity contribution in [3.63, 3.8) is 0 Å². The molecule has 3 rings (SSSR count). The zero-order valence-corrected chi connectivity index (χ0v) is 13.8. The van der Waals surface area contributed by atoms with Crippen LogP contribution in [0.4, 0.5) is 0 Å². The highest BCUT2D eigenvalue weighted by atomic mass is 15.0. The Morgan fingerprint density at radius 3 is 2.17 bits per heavy atom. The highest BCUT2D eigenvalue weighted by Gasteiger charge is 2.13. The van der Waals surface area contributed by atoms with Crippen molar-refractivity contribution in [2.45, 2.75) is 19.0 Å². The summed E-state index contributed by atoms with van der Waals surface area (Å²) in [5, 5.41) is 3.67. The minimum Gasteiger partial charge on any atom is -0.299 e. The molecule has 2 aromatic carbocycles. The summed E-state index contributed by atoms with van der Waals surface area (Å²) in [5.41, 5.74) is 3.48. The molecule has 0 spiro atoms. The van der Waals surface area contributed by atoms with Crippen molar-refractivity contribution in [3.8, 4) is 0 Å². The van der Waals surface area contributed by atoms with Crippen LogP contribution < -0.4 is 5.32 Å². The molecule has 0 saturated carbocycles. The normalized spacial score (nSPS) is 13.7. The quantitative estimate of drug-likeness (QED) is 0.677. The van der Waals surface area contributed by atoms with Gasteiger partial charge in [0.2, 0.25) is 0 Å². The van der Waals surface area contributed by atoms with Crippen LogP contribution in [0.3, 0.4) is 0 Å². The molecule has 1 aromatic heterocycles. The molecule has 3 aromatic rings. The molecule has 24 heavy (non-hydrogen) atoms. The van der Waals surface area contributed by atoms with Gasteiger partial charge in [-0.1, -0.05) is 78.9 Å². The molecule has 1 unspecified atom stereocenters. The summed E-state index contributed by atoms with van der Waals surface area (Å²) in [6.45, 7) is 2.18. The zero-order chi connectivity index (χ0) is 16.6. The molecule has 120 valence electrons. The largest absolute Gasteiger partial charge is 0.299 e. The second kappa shape index (κ2) is 8.23. The minimum absolute atomic E-state index is 0.0570. The molecule has 2 nitrogen and oxygen atoms in total. The van der Waals surface area contributed by atoms with Crippen LogP contribution in [0.1, 0.15) is 35.8 Å². The molecule has 0 fully saturated rings. The number of aromatic nitrogens is 1. The van der Waals surface area contributed by atoms with Crippen LogP contribution in [0.25, 0.3) is 6.08 Å². The molecule has 0 bridgehead atoms. The van der Waals surface area contributed by atoms with Crippen LogP contribution in [-0.2, 0) is 0 Å². The Balaban J connectivity index is 1.81. The first-order valence-electron chi connectivity index (χ1n) is 8.28. The van der Waals surface area contributed by atoms with Gasteiger partial charge in [0.05, 0.1) is 11.7 Å². The van der Waals surface area contributed by atoms with Gasteiger partial charge in [-0.15, -0.1) is 0 Å². The predicted molar refractivity (Wildman–Crippen MR) is 100 cm³/mol. The van der Waals surface area contributed by atoms with Crippen molar-refractivity contribution < 1.29 is 0 Å². The molecule has 0 amide bonds. The van der Waals surface area contributed by atoms with E-state index in [-0.39, 0.29) is 12.1 Å². The van der Waals surface area contributed by atoms with Crippen molar-refractivity contribution in [2.24, 2.45) is 0 Å². The summed E-state index contributed by atoms with van der Waals surface area (Å²) >= 11 is 0. The SMILES string of the molecule is C[C@H](NC(/C=C/c1ccccc1)c1ccccn1)c1ccccc1. The third kappa shape index (κ3) is 4.40. The maximum atomic E-state index is 4.52. The topological polar surface area (TPSA) is 24.9 Å². The Morgan fingerprint density at radius 2 is 1.50 bits per heavy atom. The van der Waals surface area contributed by atoms with Crippen LogP contribution in [0, 0.1) is 0 Å². The lowest BCUT2D eigenvalue weighted by molar-refractivity contribution is 0.520. The van der Waals surface area contributed by atoms with Crippen molar-refractivity contribution in [2.75, 3.05) is 0 Å². The molecule has 1 N–H and O–H groups in total. The van der Waals surface area contributed by atoms with Gasteiger partial charge in [0, 0.05) is 12.2 Å². The van der Waals surface area contributed by atoms with Gasteiger partial charge in [0.25, 0.3) is 0 Å².